The topological polar surface area (TPSA) is 146 Å². The highest BCUT2D eigenvalue weighted by atomic mass is 16.5. The number of nitrogens with one attached hydrogen (secondary N) is 4. The lowest BCUT2D eigenvalue weighted by Crippen LogP contribution is -2.25. The zero-order valence-corrected chi connectivity index (χ0v) is 41.2. The minimum Gasteiger partial charge on any atom is -0.468 e. The van der Waals surface area contributed by atoms with Crippen LogP contribution in [0.3, 0.4) is 0 Å². The van der Waals surface area contributed by atoms with Crippen molar-refractivity contribution in [1.82, 2.24) is 20.3 Å². The molecule has 1 fully saturated rings. The molecule has 0 spiro atoms. The first-order valence-electron chi connectivity index (χ1n) is 24.6. The number of aromatic nitrogens is 3. The first-order valence-corrected chi connectivity index (χ1v) is 24.6. The monoisotopic (exact) mass is 889 g/mol. The van der Waals surface area contributed by atoms with Gasteiger partial charge in [-0.25, -0.2) is 0 Å². The van der Waals surface area contributed by atoms with Crippen molar-refractivity contribution < 1.29 is 28.7 Å². The van der Waals surface area contributed by atoms with E-state index in [1.807, 2.05) is 32.1 Å². The van der Waals surface area contributed by atoms with Crippen molar-refractivity contribution in [3.63, 3.8) is 0 Å². The van der Waals surface area contributed by atoms with Crippen LogP contribution in [-0.4, -0.2) is 52.7 Å². The summed E-state index contributed by atoms with van der Waals surface area (Å²) in [6.45, 7) is 22.0. The number of esters is 2. The molecule has 352 valence electrons. The van der Waals surface area contributed by atoms with E-state index in [4.69, 9.17) is 9.47 Å². The number of hydrogen-bond acceptors (Lipinski definition) is 7. The Balaban J connectivity index is 1.23. The minimum absolute atomic E-state index is 0.109. The van der Waals surface area contributed by atoms with Crippen molar-refractivity contribution in [2.24, 2.45) is 35.5 Å². The Kier molecular flexibility index (Phi) is 16.6. The van der Waals surface area contributed by atoms with E-state index in [2.05, 4.69) is 81.7 Å². The summed E-state index contributed by atoms with van der Waals surface area (Å²) in [5.74, 6) is -0.445. The van der Waals surface area contributed by atoms with Crippen LogP contribution in [-0.2, 0) is 31.9 Å². The lowest BCUT2D eigenvalue weighted by atomic mass is 9.85. The summed E-state index contributed by atoms with van der Waals surface area (Å²) in [4.78, 5) is 64.8. The maximum Gasteiger partial charge on any atom is 0.321 e. The molecule has 10 nitrogen and oxygen atoms in total. The van der Waals surface area contributed by atoms with Crippen molar-refractivity contribution in [3.05, 3.63) is 89.9 Å². The first-order chi connectivity index (χ1) is 31.1. The maximum absolute atomic E-state index is 14.4. The molecule has 6 rings (SSSR count). The summed E-state index contributed by atoms with van der Waals surface area (Å²) in [6.07, 6.45) is 22.3. The molecule has 0 aromatic carbocycles. The Morgan fingerprint density at radius 3 is 2.09 bits per heavy atom. The van der Waals surface area contributed by atoms with Crippen molar-refractivity contribution in [2.75, 3.05) is 13.7 Å². The van der Waals surface area contributed by atoms with Crippen molar-refractivity contribution in [3.8, 4) is 0 Å². The van der Waals surface area contributed by atoms with Gasteiger partial charge in [-0.05, 0) is 117 Å². The molecule has 0 saturated carbocycles. The number of aromatic amines is 3. The van der Waals surface area contributed by atoms with Gasteiger partial charge in [-0.1, -0.05) is 99.0 Å². The van der Waals surface area contributed by atoms with Crippen LogP contribution in [0.5, 0.6) is 0 Å². The SMILES string of the molecule is CCc1c2[nH]c(c1C)C=C1NC(=C3c4[nH]c(c(C)c4C(=O)C3C(=O)OC)C=c3[nH]c(c(C=O)c3CC)=C2)C(CCC(=O)OCC=C(C)CCCC(C)CCCC(C)CCCC(C)C)C1C. The molecule has 4 N–H and O–H groups in total. The third-order valence-electron chi connectivity index (χ3n) is 14.7. The molecule has 3 aliphatic rings. The van der Waals surface area contributed by atoms with Crippen LogP contribution in [0, 0.1) is 49.4 Å². The quantitative estimate of drug-likeness (QED) is 0.0360. The third kappa shape index (κ3) is 11.0. The molecule has 3 aromatic rings. The summed E-state index contributed by atoms with van der Waals surface area (Å²) in [6, 6.07) is 0. The summed E-state index contributed by atoms with van der Waals surface area (Å²) in [5.41, 5.74) is 11.4. The number of carbonyl (C=O) groups excluding carboxylic acids is 4. The largest absolute Gasteiger partial charge is 0.468 e. The number of fused-ring (bicyclic) bond motifs is 7. The van der Waals surface area contributed by atoms with E-state index < -0.39 is 11.9 Å². The van der Waals surface area contributed by atoms with Crippen LogP contribution in [0.4, 0.5) is 0 Å². The number of allylic oxidation sites excluding steroid dienone is 3. The summed E-state index contributed by atoms with van der Waals surface area (Å²) >= 11 is 0. The van der Waals surface area contributed by atoms with Gasteiger partial charge in [0.2, 0.25) is 0 Å². The van der Waals surface area contributed by atoms with E-state index >= 15 is 0 Å². The predicted octanol–water partition coefficient (Wildman–Crippen LogP) is 10.5. The van der Waals surface area contributed by atoms with Gasteiger partial charge in [-0.15, -0.1) is 0 Å². The van der Waals surface area contributed by atoms with Gasteiger partial charge in [0.15, 0.2) is 12.1 Å². The number of hydrogen-bond donors (Lipinski definition) is 4. The van der Waals surface area contributed by atoms with Gasteiger partial charge in [0.05, 0.1) is 18.2 Å². The number of aldehydes is 1. The Morgan fingerprint density at radius 2 is 1.45 bits per heavy atom. The normalized spacial score (nSPS) is 18.9. The molecule has 3 aromatic heterocycles. The highest BCUT2D eigenvalue weighted by Crippen LogP contribution is 2.48. The van der Waals surface area contributed by atoms with E-state index in [9.17, 15) is 19.2 Å². The second-order valence-corrected chi connectivity index (χ2v) is 19.8. The molecular formula is C55H76N4O6. The Bertz CT molecular complexity index is 2470. The molecular weight excluding hydrogens is 813 g/mol. The van der Waals surface area contributed by atoms with Crippen molar-refractivity contribution >= 4 is 47.8 Å². The number of ketones is 1. The predicted molar refractivity (Wildman–Crippen MR) is 262 cm³/mol. The third-order valence-corrected chi connectivity index (χ3v) is 14.7. The fraction of sp³-hybridized carbons (Fsp3) is 0.564. The number of H-pyrrole nitrogens is 3. The second-order valence-electron chi connectivity index (χ2n) is 19.8. The number of carbonyl (C=O) groups is 4. The zero-order chi connectivity index (χ0) is 47.1. The van der Waals surface area contributed by atoms with Crippen LogP contribution in [0.2, 0.25) is 0 Å². The molecule has 65 heavy (non-hydrogen) atoms. The van der Waals surface area contributed by atoms with E-state index in [1.165, 1.54) is 57.6 Å². The molecule has 8 bridgehead atoms. The van der Waals surface area contributed by atoms with E-state index in [-0.39, 0.29) is 36.6 Å². The zero-order valence-electron chi connectivity index (χ0n) is 41.2. The van der Waals surface area contributed by atoms with Crippen LogP contribution >= 0.6 is 0 Å². The highest BCUT2D eigenvalue weighted by molar-refractivity contribution is 6.24. The van der Waals surface area contributed by atoms with E-state index in [0.717, 1.165) is 82.2 Å². The molecule has 2 aliphatic heterocycles. The first kappa shape index (κ1) is 49.3. The molecule has 0 radical (unpaired) electrons. The summed E-state index contributed by atoms with van der Waals surface area (Å²) in [7, 11) is 1.31. The fourth-order valence-corrected chi connectivity index (χ4v) is 10.6. The average Bonchev–Trinajstić information content (AvgIpc) is 4.02. The van der Waals surface area contributed by atoms with Crippen LogP contribution in [0.1, 0.15) is 192 Å². The van der Waals surface area contributed by atoms with Gasteiger partial charge < -0.3 is 29.7 Å². The molecule has 5 atom stereocenters. The smallest absolute Gasteiger partial charge is 0.321 e. The lowest BCUT2D eigenvalue weighted by Gasteiger charge is -2.19. The molecule has 0 amide bonds. The van der Waals surface area contributed by atoms with Gasteiger partial charge in [0.25, 0.3) is 0 Å². The van der Waals surface area contributed by atoms with Crippen molar-refractivity contribution in [1.29, 1.82) is 0 Å². The standard InChI is InChI=1S/C55H76N4O6/c1-12-38-35(8)42-27-43-36(9)40(23-24-48(61)65-26-25-34(7)22-16-21-33(6)20-15-19-32(5)18-14-17-31(3)4)52(58-43)50-51(55(63)64-11)54(62)49-37(10)44(59-53(49)50)28-46-39(13-2)41(30-60)47(57-46)29-45(38)56-42/h25,27-33,36,40,51,56-59H,12-24,26H2,1-11H3. The maximum atomic E-state index is 14.4. The Labute approximate surface area is 387 Å². The number of rotatable bonds is 21. The molecule has 5 unspecified atom stereocenters. The summed E-state index contributed by atoms with van der Waals surface area (Å²) < 4.78 is 11.1. The summed E-state index contributed by atoms with van der Waals surface area (Å²) in [5, 5.41) is 5.18. The molecule has 1 aliphatic carbocycles. The van der Waals surface area contributed by atoms with Gasteiger partial charge in [0, 0.05) is 68.8 Å². The van der Waals surface area contributed by atoms with E-state index in [1.54, 1.807) is 0 Å². The fourth-order valence-electron chi connectivity index (χ4n) is 10.6. The lowest BCUT2D eigenvalue weighted by molar-refractivity contribution is -0.143. The number of methoxy groups -OCH3 is 1. The van der Waals surface area contributed by atoms with Gasteiger partial charge >= 0.3 is 11.9 Å². The second kappa shape index (κ2) is 21.9. The van der Waals surface area contributed by atoms with Crippen molar-refractivity contribution in [2.45, 2.75) is 153 Å². The van der Waals surface area contributed by atoms with Gasteiger partial charge in [-0.3, -0.25) is 19.2 Å². The van der Waals surface area contributed by atoms with E-state index in [0.29, 0.717) is 57.8 Å². The molecule has 10 heteroatoms. The van der Waals surface area contributed by atoms with Gasteiger partial charge in [-0.2, -0.15) is 0 Å². The minimum atomic E-state index is -1.18. The Morgan fingerprint density at radius 1 is 0.800 bits per heavy atom. The number of Topliss-reactive ketones (excluding diaryl/α,β-unsaturated/α-hetero) is 1. The van der Waals surface area contributed by atoms with Crippen LogP contribution < -0.4 is 16.0 Å². The van der Waals surface area contributed by atoms with Crippen LogP contribution in [0.15, 0.2) is 23.0 Å². The van der Waals surface area contributed by atoms with Crippen LogP contribution in [0.25, 0.3) is 23.8 Å². The average molecular weight is 889 g/mol. The molecule has 5 heterocycles. The highest BCUT2D eigenvalue weighted by Gasteiger charge is 2.48. The van der Waals surface area contributed by atoms with Gasteiger partial charge in [0.1, 0.15) is 12.5 Å². The Hall–Kier alpha value is -5.12. The number of ether oxygens (including phenoxy) is 2. The molecule has 1 saturated heterocycles.